The first kappa shape index (κ1) is 11.6. The van der Waals surface area contributed by atoms with E-state index in [1.807, 2.05) is 6.07 Å². The molecule has 0 aliphatic carbocycles. The van der Waals surface area contributed by atoms with Gasteiger partial charge in [-0.15, -0.1) is 0 Å². The number of fused-ring (bicyclic) bond motifs is 1. The van der Waals surface area contributed by atoms with Crippen LogP contribution in [0.2, 0.25) is 5.15 Å². The van der Waals surface area contributed by atoms with Crippen LogP contribution < -0.4 is 4.90 Å². The molecule has 2 saturated heterocycles. The van der Waals surface area contributed by atoms with Gasteiger partial charge in [0.2, 0.25) is 0 Å². The molecule has 3 rings (SSSR count). The van der Waals surface area contributed by atoms with Crippen molar-refractivity contribution in [2.45, 2.75) is 12.5 Å². The lowest BCUT2D eigenvalue weighted by Crippen LogP contribution is -2.65. The van der Waals surface area contributed by atoms with Gasteiger partial charge in [0.1, 0.15) is 5.15 Å². The Morgan fingerprint density at radius 3 is 2.94 bits per heavy atom. The van der Waals surface area contributed by atoms with Crippen molar-refractivity contribution in [3.8, 4) is 0 Å². The fourth-order valence-corrected chi connectivity index (χ4v) is 2.92. The van der Waals surface area contributed by atoms with Gasteiger partial charge in [-0.05, 0) is 18.6 Å². The molecule has 0 radical (unpaired) electrons. The maximum atomic E-state index is 11.0. The molecule has 1 N–H and O–H groups in total. The first-order valence-electron chi connectivity index (χ1n) is 6.01. The van der Waals surface area contributed by atoms with Crippen LogP contribution in [0.1, 0.15) is 6.42 Å². The maximum absolute atomic E-state index is 11.0. The lowest BCUT2D eigenvalue weighted by Gasteiger charge is -2.54. The average Bonchev–Trinajstić information content (AvgIpc) is 2.33. The van der Waals surface area contributed by atoms with Crippen LogP contribution in [-0.2, 0) is 0 Å². The third-order valence-corrected chi connectivity index (χ3v) is 4.09. The zero-order chi connectivity index (χ0) is 12.7. The zero-order valence-electron chi connectivity index (χ0n) is 9.79. The van der Waals surface area contributed by atoms with Crippen molar-refractivity contribution in [1.82, 2.24) is 9.88 Å². The summed E-state index contributed by atoms with van der Waals surface area (Å²) in [7, 11) is 0. The average molecular weight is 268 g/mol. The maximum Gasteiger partial charge on any atom is 0.407 e. The molecule has 2 aliphatic rings. The SMILES string of the molecule is O=C(O)N1CC[C@@H]2CN(c3ccc(Cl)nc3)[C@@H]2C1. The lowest BCUT2D eigenvalue weighted by molar-refractivity contribution is 0.0945. The standard InChI is InChI=1S/C12H14ClN3O2/c13-11-2-1-9(5-14-11)16-6-8-3-4-15(12(17)18)7-10(8)16/h1-2,5,8,10H,3-4,6-7H2,(H,17,18)/t8-,10-/m1/s1. The van der Waals surface area contributed by atoms with E-state index < -0.39 is 6.09 Å². The molecule has 0 spiro atoms. The number of hydrogen-bond donors (Lipinski definition) is 1. The van der Waals surface area contributed by atoms with Crippen LogP contribution in [0.3, 0.4) is 0 Å². The summed E-state index contributed by atoms with van der Waals surface area (Å²) in [6.07, 6.45) is 1.88. The number of carbonyl (C=O) groups is 1. The van der Waals surface area contributed by atoms with Gasteiger partial charge in [0.05, 0.1) is 17.9 Å². The van der Waals surface area contributed by atoms with Crippen LogP contribution in [0.5, 0.6) is 0 Å². The molecular weight excluding hydrogens is 254 g/mol. The number of rotatable bonds is 1. The van der Waals surface area contributed by atoms with E-state index in [1.165, 1.54) is 4.90 Å². The second kappa shape index (κ2) is 4.31. The number of pyridine rings is 1. The smallest absolute Gasteiger partial charge is 0.407 e. The minimum absolute atomic E-state index is 0.290. The van der Waals surface area contributed by atoms with E-state index in [-0.39, 0.29) is 6.04 Å². The van der Waals surface area contributed by atoms with E-state index in [1.54, 1.807) is 12.3 Å². The summed E-state index contributed by atoms with van der Waals surface area (Å²) in [6, 6.07) is 3.99. The number of amides is 1. The predicted octanol–water partition coefficient (Wildman–Crippen LogP) is 1.92. The van der Waals surface area contributed by atoms with Gasteiger partial charge in [-0.2, -0.15) is 0 Å². The highest BCUT2D eigenvalue weighted by molar-refractivity contribution is 6.29. The van der Waals surface area contributed by atoms with E-state index in [0.717, 1.165) is 18.7 Å². The Morgan fingerprint density at radius 2 is 2.28 bits per heavy atom. The Hall–Kier alpha value is -1.49. The van der Waals surface area contributed by atoms with Gasteiger partial charge in [-0.25, -0.2) is 9.78 Å². The molecule has 0 unspecified atom stereocenters. The first-order valence-corrected chi connectivity index (χ1v) is 6.39. The van der Waals surface area contributed by atoms with Crippen LogP contribution in [0.4, 0.5) is 10.5 Å². The van der Waals surface area contributed by atoms with Crippen LogP contribution in [0.25, 0.3) is 0 Å². The van der Waals surface area contributed by atoms with Crippen molar-refractivity contribution in [2.24, 2.45) is 5.92 Å². The summed E-state index contributed by atoms with van der Waals surface area (Å²) >= 11 is 5.76. The Kier molecular flexibility index (Phi) is 2.78. The number of piperidine rings is 1. The number of carboxylic acid groups (broad SMARTS) is 1. The van der Waals surface area contributed by atoms with Crippen molar-refractivity contribution in [3.05, 3.63) is 23.5 Å². The molecule has 2 fully saturated rings. The second-order valence-electron chi connectivity index (χ2n) is 4.84. The first-order chi connectivity index (χ1) is 8.65. The molecule has 18 heavy (non-hydrogen) atoms. The molecule has 96 valence electrons. The molecule has 0 bridgehead atoms. The Bertz CT molecular complexity index is 465. The molecule has 0 aromatic carbocycles. The molecule has 1 amide bonds. The summed E-state index contributed by atoms with van der Waals surface area (Å²) in [6.45, 7) is 2.23. The van der Waals surface area contributed by atoms with Crippen LogP contribution in [0, 0.1) is 5.92 Å². The highest BCUT2D eigenvalue weighted by atomic mass is 35.5. The van der Waals surface area contributed by atoms with Crippen LogP contribution in [-0.4, -0.2) is 46.8 Å². The van der Waals surface area contributed by atoms with Gasteiger partial charge in [-0.1, -0.05) is 11.6 Å². The summed E-state index contributed by atoms with van der Waals surface area (Å²) in [5.74, 6) is 0.608. The second-order valence-corrected chi connectivity index (χ2v) is 5.22. The Balaban J connectivity index is 1.73. The van der Waals surface area contributed by atoms with Gasteiger partial charge < -0.3 is 14.9 Å². The van der Waals surface area contributed by atoms with Gasteiger partial charge >= 0.3 is 6.09 Å². The summed E-state index contributed by atoms with van der Waals surface area (Å²) < 4.78 is 0. The van der Waals surface area contributed by atoms with Crippen molar-refractivity contribution >= 4 is 23.4 Å². The monoisotopic (exact) mass is 267 g/mol. The summed E-state index contributed by atoms with van der Waals surface area (Å²) in [4.78, 5) is 18.8. The van der Waals surface area contributed by atoms with E-state index in [9.17, 15) is 4.79 Å². The lowest BCUT2D eigenvalue weighted by atomic mass is 9.82. The number of hydrogen-bond acceptors (Lipinski definition) is 3. The third-order valence-electron chi connectivity index (χ3n) is 3.87. The molecule has 5 nitrogen and oxygen atoms in total. The fourth-order valence-electron chi connectivity index (χ4n) is 2.80. The minimum atomic E-state index is -0.825. The number of anilines is 1. The third kappa shape index (κ3) is 1.88. The minimum Gasteiger partial charge on any atom is -0.465 e. The Morgan fingerprint density at radius 1 is 1.44 bits per heavy atom. The number of nitrogens with zero attached hydrogens (tertiary/aromatic N) is 3. The van der Waals surface area contributed by atoms with Crippen LogP contribution in [0.15, 0.2) is 18.3 Å². The van der Waals surface area contributed by atoms with Gasteiger partial charge in [0.15, 0.2) is 0 Å². The highest BCUT2D eigenvalue weighted by Crippen LogP contribution is 2.36. The van der Waals surface area contributed by atoms with E-state index in [0.29, 0.717) is 24.2 Å². The Labute approximate surface area is 110 Å². The number of likely N-dealkylation sites (tertiary alicyclic amines) is 1. The highest BCUT2D eigenvalue weighted by Gasteiger charge is 2.43. The topological polar surface area (TPSA) is 56.7 Å². The van der Waals surface area contributed by atoms with Gasteiger partial charge in [-0.3, -0.25) is 0 Å². The number of aromatic nitrogens is 1. The van der Waals surface area contributed by atoms with Crippen molar-refractivity contribution in [2.75, 3.05) is 24.5 Å². The van der Waals surface area contributed by atoms with E-state index >= 15 is 0 Å². The van der Waals surface area contributed by atoms with Crippen LogP contribution >= 0.6 is 11.6 Å². The fraction of sp³-hybridized carbons (Fsp3) is 0.500. The molecule has 6 heteroatoms. The van der Waals surface area contributed by atoms with Crippen molar-refractivity contribution < 1.29 is 9.90 Å². The normalized spacial score (nSPS) is 26.5. The molecule has 1 aromatic heterocycles. The summed E-state index contributed by atoms with van der Waals surface area (Å²) in [5.41, 5.74) is 1.02. The number of halogens is 1. The van der Waals surface area contributed by atoms with E-state index in [4.69, 9.17) is 16.7 Å². The molecule has 2 atom stereocenters. The molecule has 0 saturated carbocycles. The van der Waals surface area contributed by atoms with Gasteiger partial charge in [0.25, 0.3) is 0 Å². The predicted molar refractivity (Wildman–Crippen MR) is 68.1 cm³/mol. The molecule has 3 heterocycles. The molecule has 2 aliphatic heterocycles. The van der Waals surface area contributed by atoms with Crippen molar-refractivity contribution in [3.63, 3.8) is 0 Å². The van der Waals surface area contributed by atoms with Crippen molar-refractivity contribution in [1.29, 1.82) is 0 Å². The summed E-state index contributed by atoms with van der Waals surface area (Å²) in [5, 5.41) is 9.52. The quantitative estimate of drug-likeness (QED) is 0.790. The largest absolute Gasteiger partial charge is 0.465 e. The molecular formula is C12H14ClN3O2. The molecule has 1 aromatic rings. The van der Waals surface area contributed by atoms with Gasteiger partial charge in [0, 0.05) is 25.6 Å². The zero-order valence-corrected chi connectivity index (χ0v) is 10.5. The van der Waals surface area contributed by atoms with E-state index in [2.05, 4.69) is 9.88 Å².